The van der Waals surface area contributed by atoms with Crippen LogP contribution in [0.4, 0.5) is 0 Å². The van der Waals surface area contributed by atoms with Gasteiger partial charge >= 0.3 is 0 Å². The quantitative estimate of drug-likeness (QED) is 0.633. The Morgan fingerprint density at radius 2 is 2.33 bits per heavy atom. The molecular weight excluding hydrogens is 165 g/mol. The van der Waals surface area contributed by atoms with Crippen LogP contribution in [0.5, 0.6) is 0 Å². The first kappa shape index (κ1) is 9.81. The van der Waals surface area contributed by atoms with Gasteiger partial charge in [-0.05, 0) is 30.3 Å². The van der Waals surface area contributed by atoms with Gasteiger partial charge < -0.3 is 4.81 Å². The monoisotopic (exact) mass is 181 g/mol. The zero-order valence-electron chi connectivity index (χ0n) is 8.08. The minimum Gasteiger partial charge on any atom is -0.343 e. The molecule has 0 fully saturated rings. The summed E-state index contributed by atoms with van der Waals surface area (Å²) in [6.45, 7) is 5.68. The molecular formula is C9H16BNS. The molecule has 0 atom stereocenters. The maximum absolute atomic E-state index is 2.37. The largest absolute Gasteiger partial charge is 0.343 e. The highest BCUT2D eigenvalue weighted by atomic mass is 32.1. The Balaban J connectivity index is 2.32. The zero-order valence-corrected chi connectivity index (χ0v) is 8.90. The van der Waals surface area contributed by atoms with Gasteiger partial charge in [0.2, 0.25) is 7.41 Å². The number of nitrogens with zero attached hydrogens (tertiary/aromatic N) is 1. The molecule has 0 bridgehead atoms. The predicted molar refractivity (Wildman–Crippen MR) is 58.6 cm³/mol. The molecule has 0 saturated carbocycles. The Hall–Kier alpha value is -0.275. The van der Waals surface area contributed by atoms with Crippen LogP contribution < -0.4 is 5.46 Å². The molecule has 12 heavy (non-hydrogen) atoms. The van der Waals surface area contributed by atoms with E-state index in [1.807, 2.05) is 0 Å². The van der Waals surface area contributed by atoms with E-state index < -0.39 is 0 Å². The molecule has 0 amide bonds. The van der Waals surface area contributed by atoms with Gasteiger partial charge in [0.1, 0.15) is 0 Å². The predicted octanol–water partition coefficient (Wildman–Crippen LogP) is 1.31. The molecule has 1 rings (SSSR count). The first-order chi connectivity index (χ1) is 5.68. The number of rotatable bonds is 4. The number of hydrogen-bond donors (Lipinski definition) is 0. The number of hydrogen-bond acceptors (Lipinski definition) is 2. The van der Waals surface area contributed by atoms with Crippen molar-refractivity contribution in [2.75, 3.05) is 13.6 Å². The van der Waals surface area contributed by atoms with Crippen molar-refractivity contribution in [1.29, 1.82) is 0 Å². The average molecular weight is 181 g/mol. The summed E-state index contributed by atoms with van der Waals surface area (Å²) < 4.78 is 0. The summed E-state index contributed by atoms with van der Waals surface area (Å²) in [6, 6.07) is 2.20. The van der Waals surface area contributed by atoms with Gasteiger partial charge in [-0.15, -0.1) is 0 Å². The lowest BCUT2D eigenvalue weighted by atomic mass is 9.83. The van der Waals surface area contributed by atoms with Crippen molar-refractivity contribution < 1.29 is 0 Å². The first-order valence-corrected chi connectivity index (χ1v) is 5.32. The van der Waals surface area contributed by atoms with E-state index in [1.165, 1.54) is 12.0 Å². The van der Waals surface area contributed by atoms with E-state index in [-0.39, 0.29) is 0 Å². The normalized spacial score (nSPS) is 11.1. The molecule has 0 aliphatic rings. The molecule has 0 N–H and O–H groups in total. The second kappa shape index (κ2) is 4.68. The van der Waals surface area contributed by atoms with Crippen LogP contribution in [0.2, 0.25) is 0 Å². The highest BCUT2D eigenvalue weighted by Crippen LogP contribution is 1.96. The van der Waals surface area contributed by atoms with Gasteiger partial charge in [0.15, 0.2) is 0 Å². The van der Waals surface area contributed by atoms with Crippen LogP contribution in [0.3, 0.4) is 0 Å². The van der Waals surface area contributed by atoms with E-state index >= 15 is 0 Å². The maximum Gasteiger partial charge on any atom is 0.239 e. The summed E-state index contributed by atoms with van der Waals surface area (Å²) in [7, 11) is 3.26. The van der Waals surface area contributed by atoms with E-state index in [0.29, 0.717) is 0 Å². The SMILES string of the molecule is CC(C)CN(C)Bc1ccsc1. The standard InChI is InChI=1S/C9H16BNS/c1-8(2)6-11(3)10-9-4-5-12-7-9/h4-5,7-8,10H,6H2,1-3H3. The summed E-state index contributed by atoms with van der Waals surface area (Å²) in [5, 5.41) is 4.36. The molecule has 66 valence electrons. The van der Waals surface area contributed by atoms with Crippen LogP contribution in [0.25, 0.3) is 0 Å². The van der Waals surface area contributed by atoms with Crippen molar-refractivity contribution in [3.05, 3.63) is 16.8 Å². The fraction of sp³-hybridized carbons (Fsp3) is 0.556. The molecule has 1 nitrogen and oxygen atoms in total. The summed E-state index contributed by atoms with van der Waals surface area (Å²) >= 11 is 1.77. The highest BCUT2D eigenvalue weighted by molar-refractivity contribution is 7.09. The van der Waals surface area contributed by atoms with Gasteiger partial charge in [-0.2, -0.15) is 11.3 Å². The molecule has 1 heterocycles. The lowest BCUT2D eigenvalue weighted by Crippen LogP contribution is -2.34. The third-order valence-electron chi connectivity index (χ3n) is 1.71. The van der Waals surface area contributed by atoms with E-state index in [9.17, 15) is 0 Å². The first-order valence-electron chi connectivity index (χ1n) is 4.38. The minimum atomic E-state index is 0.758. The van der Waals surface area contributed by atoms with E-state index in [1.54, 1.807) is 11.3 Å². The smallest absolute Gasteiger partial charge is 0.239 e. The van der Waals surface area contributed by atoms with Crippen LogP contribution in [-0.4, -0.2) is 25.8 Å². The molecule has 3 heteroatoms. The van der Waals surface area contributed by atoms with Crippen LogP contribution in [0.1, 0.15) is 13.8 Å². The van der Waals surface area contributed by atoms with E-state index in [0.717, 1.165) is 13.3 Å². The lowest BCUT2D eigenvalue weighted by Gasteiger charge is -2.16. The van der Waals surface area contributed by atoms with Crippen molar-refractivity contribution in [3.8, 4) is 0 Å². The Bertz CT molecular complexity index is 208. The second-order valence-corrected chi connectivity index (χ2v) is 4.50. The number of thiophene rings is 1. The molecule has 1 aromatic rings. The van der Waals surface area contributed by atoms with Gasteiger partial charge in [0, 0.05) is 0 Å². The van der Waals surface area contributed by atoms with Crippen LogP contribution in [-0.2, 0) is 0 Å². The molecule has 0 unspecified atom stereocenters. The molecule has 0 aromatic carbocycles. The summed E-state index contributed by atoms with van der Waals surface area (Å²) in [6.07, 6.45) is 0. The molecule has 1 aromatic heterocycles. The van der Waals surface area contributed by atoms with E-state index in [4.69, 9.17) is 0 Å². The zero-order chi connectivity index (χ0) is 8.97. The van der Waals surface area contributed by atoms with Crippen molar-refractivity contribution in [3.63, 3.8) is 0 Å². The van der Waals surface area contributed by atoms with Crippen molar-refractivity contribution in [2.24, 2.45) is 5.92 Å². The highest BCUT2D eigenvalue weighted by Gasteiger charge is 2.04. The molecule has 0 spiro atoms. The Morgan fingerprint density at radius 3 is 2.83 bits per heavy atom. The summed E-state index contributed by atoms with van der Waals surface area (Å²) in [5.74, 6) is 0.758. The van der Waals surface area contributed by atoms with Gasteiger partial charge in [0.05, 0.1) is 0 Å². The van der Waals surface area contributed by atoms with Gasteiger partial charge in [-0.3, -0.25) is 0 Å². The summed E-state index contributed by atoms with van der Waals surface area (Å²) in [4.78, 5) is 2.37. The van der Waals surface area contributed by atoms with Crippen molar-refractivity contribution in [2.45, 2.75) is 13.8 Å². The Kier molecular flexibility index (Phi) is 3.82. The maximum atomic E-state index is 2.37. The van der Waals surface area contributed by atoms with Crippen LogP contribution in [0.15, 0.2) is 16.8 Å². The summed E-state index contributed by atoms with van der Waals surface area (Å²) in [5.41, 5.74) is 1.43. The Morgan fingerprint density at radius 1 is 1.58 bits per heavy atom. The van der Waals surface area contributed by atoms with Gasteiger partial charge in [-0.25, -0.2) is 0 Å². The fourth-order valence-corrected chi connectivity index (χ4v) is 2.04. The third-order valence-corrected chi connectivity index (χ3v) is 2.44. The molecule has 0 radical (unpaired) electrons. The van der Waals surface area contributed by atoms with Crippen LogP contribution in [0, 0.1) is 5.92 Å². The fourth-order valence-electron chi connectivity index (χ4n) is 1.38. The van der Waals surface area contributed by atoms with E-state index in [2.05, 4.69) is 42.5 Å². The molecule has 0 aliphatic heterocycles. The molecule has 0 aliphatic carbocycles. The molecule has 0 saturated heterocycles. The lowest BCUT2D eigenvalue weighted by molar-refractivity contribution is 0.448. The van der Waals surface area contributed by atoms with Crippen LogP contribution >= 0.6 is 11.3 Å². The van der Waals surface area contributed by atoms with Crippen molar-refractivity contribution in [1.82, 2.24) is 4.81 Å². The van der Waals surface area contributed by atoms with Crippen molar-refractivity contribution >= 4 is 24.2 Å². The average Bonchev–Trinajstić information content (AvgIpc) is 2.37. The third kappa shape index (κ3) is 3.41. The Labute approximate surface area is 79.7 Å². The van der Waals surface area contributed by atoms with Gasteiger partial charge in [0.25, 0.3) is 0 Å². The minimum absolute atomic E-state index is 0.758. The van der Waals surface area contributed by atoms with Gasteiger partial charge in [-0.1, -0.05) is 25.4 Å². The second-order valence-electron chi connectivity index (χ2n) is 3.72. The topological polar surface area (TPSA) is 3.24 Å².